The first-order valence-corrected chi connectivity index (χ1v) is 12.6. The van der Waals surface area contributed by atoms with Crippen LogP contribution in [0.4, 0.5) is 5.69 Å². The number of carbonyl (C=O) groups is 2. The number of benzene rings is 2. The summed E-state index contributed by atoms with van der Waals surface area (Å²) in [4.78, 5) is 27.6. The molecule has 0 spiro atoms. The van der Waals surface area contributed by atoms with E-state index in [-0.39, 0.29) is 11.9 Å². The SMILES string of the molecule is CCOC(=O)C(Cc1ccc(OCc2sc(-c3ccc(N(C)C(C)=O)cc3)cc2C)cc1)OCC. The largest absolute Gasteiger partial charge is 0.488 e. The summed E-state index contributed by atoms with van der Waals surface area (Å²) >= 11 is 1.70. The molecule has 2 aromatic carbocycles. The van der Waals surface area contributed by atoms with E-state index in [1.165, 1.54) is 5.56 Å². The molecule has 1 heterocycles. The zero-order chi connectivity index (χ0) is 25.4. The van der Waals surface area contributed by atoms with E-state index < -0.39 is 6.10 Å². The van der Waals surface area contributed by atoms with Gasteiger partial charge in [0.05, 0.1) is 6.61 Å². The molecule has 0 saturated carbocycles. The number of ether oxygens (including phenoxy) is 3. The molecule has 0 aliphatic carbocycles. The van der Waals surface area contributed by atoms with Crippen molar-refractivity contribution in [2.45, 2.75) is 46.8 Å². The third-order valence-electron chi connectivity index (χ3n) is 5.66. The van der Waals surface area contributed by atoms with Gasteiger partial charge in [-0.2, -0.15) is 0 Å². The number of rotatable bonds is 11. The topological polar surface area (TPSA) is 65.1 Å². The van der Waals surface area contributed by atoms with Crippen LogP contribution in [-0.2, 0) is 32.1 Å². The van der Waals surface area contributed by atoms with Gasteiger partial charge in [-0.05, 0) is 67.8 Å². The fraction of sp³-hybridized carbons (Fsp3) is 0.357. The van der Waals surface area contributed by atoms with Crippen LogP contribution in [0.15, 0.2) is 54.6 Å². The summed E-state index contributed by atoms with van der Waals surface area (Å²) < 4.78 is 16.7. The average molecular weight is 496 g/mol. The zero-order valence-electron chi connectivity index (χ0n) is 21.0. The summed E-state index contributed by atoms with van der Waals surface area (Å²) in [6.45, 7) is 8.56. The van der Waals surface area contributed by atoms with Gasteiger partial charge in [0, 0.05) is 42.4 Å². The Morgan fingerprint density at radius 1 is 1.00 bits per heavy atom. The van der Waals surface area contributed by atoms with Crippen molar-refractivity contribution in [2.24, 2.45) is 0 Å². The first kappa shape index (κ1) is 26.4. The number of hydrogen-bond donors (Lipinski definition) is 0. The first-order valence-electron chi connectivity index (χ1n) is 11.8. The number of anilines is 1. The van der Waals surface area contributed by atoms with Crippen LogP contribution in [0.1, 0.15) is 36.8 Å². The Kier molecular flexibility index (Phi) is 9.46. The molecule has 1 aromatic heterocycles. The van der Waals surface area contributed by atoms with Gasteiger partial charge in [-0.3, -0.25) is 4.79 Å². The van der Waals surface area contributed by atoms with Gasteiger partial charge in [0.1, 0.15) is 12.4 Å². The van der Waals surface area contributed by atoms with Crippen molar-refractivity contribution in [1.82, 2.24) is 0 Å². The van der Waals surface area contributed by atoms with Crippen molar-refractivity contribution in [3.05, 3.63) is 70.6 Å². The summed E-state index contributed by atoms with van der Waals surface area (Å²) in [5.74, 6) is 0.438. The van der Waals surface area contributed by atoms with Gasteiger partial charge in [-0.25, -0.2) is 4.79 Å². The molecule has 35 heavy (non-hydrogen) atoms. The lowest BCUT2D eigenvalue weighted by Crippen LogP contribution is -2.28. The van der Waals surface area contributed by atoms with Crippen LogP contribution in [0.25, 0.3) is 10.4 Å². The predicted molar refractivity (Wildman–Crippen MR) is 140 cm³/mol. The Morgan fingerprint density at radius 2 is 1.69 bits per heavy atom. The Balaban J connectivity index is 1.61. The van der Waals surface area contributed by atoms with Crippen molar-refractivity contribution in [3.63, 3.8) is 0 Å². The summed E-state index contributed by atoms with van der Waals surface area (Å²) in [5.41, 5.74) is 4.15. The second kappa shape index (κ2) is 12.5. The molecule has 6 nitrogen and oxygen atoms in total. The Bertz CT molecular complexity index is 1120. The van der Waals surface area contributed by atoms with E-state index in [1.54, 1.807) is 37.1 Å². The molecule has 1 atom stereocenters. The molecule has 0 saturated heterocycles. The van der Waals surface area contributed by atoms with Crippen LogP contribution in [-0.4, -0.2) is 38.2 Å². The molecule has 186 valence electrons. The second-order valence-electron chi connectivity index (χ2n) is 8.17. The van der Waals surface area contributed by atoms with E-state index in [9.17, 15) is 9.59 Å². The molecule has 1 unspecified atom stereocenters. The third-order valence-corrected chi connectivity index (χ3v) is 6.92. The smallest absolute Gasteiger partial charge is 0.335 e. The molecule has 0 fully saturated rings. The monoisotopic (exact) mass is 495 g/mol. The summed E-state index contributed by atoms with van der Waals surface area (Å²) in [5, 5.41) is 0. The molecule has 0 N–H and O–H groups in total. The minimum atomic E-state index is -0.601. The number of hydrogen-bond acceptors (Lipinski definition) is 6. The van der Waals surface area contributed by atoms with Crippen LogP contribution >= 0.6 is 11.3 Å². The van der Waals surface area contributed by atoms with Crippen molar-refractivity contribution in [3.8, 4) is 16.2 Å². The van der Waals surface area contributed by atoms with E-state index in [4.69, 9.17) is 14.2 Å². The van der Waals surface area contributed by atoms with E-state index in [2.05, 4.69) is 13.0 Å². The summed E-state index contributed by atoms with van der Waals surface area (Å²) in [6.07, 6.45) is -0.141. The van der Waals surface area contributed by atoms with Gasteiger partial charge in [0.2, 0.25) is 5.91 Å². The van der Waals surface area contributed by atoms with Crippen LogP contribution < -0.4 is 9.64 Å². The quantitative estimate of drug-likeness (QED) is 0.315. The van der Waals surface area contributed by atoms with E-state index >= 15 is 0 Å². The van der Waals surface area contributed by atoms with Crippen LogP contribution in [0.5, 0.6) is 5.75 Å². The van der Waals surface area contributed by atoms with Gasteiger partial charge >= 0.3 is 5.97 Å². The highest BCUT2D eigenvalue weighted by Crippen LogP contribution is 2.33. The van der Waals surface area contributed by atoms with Crippen molar-refractivity contribution >= 4 is 28.9 Å². The highest BCUT2D eigenvalue weighted by atomic mass is 32.1. The van der Waals surface area contributed by atoms with Crippen LogP contribution in [0.2, 0.25) is 0 Å². The number of carbonyl (C=O) groups excluding carboxylic acids is 2. The number of amides is 1. The average Bonchev–Trinajstić information content (AvgIpc) is 3.23. The molecule has 0 aliphatic rings. The molecular weight excluding hydrogens is 462 g/mol. The number of aryl methyl sites for hydroxylation is 1. The van der Waals surface area contributed by atoms with Crippen molar-refractivity contribution in [1.29, 1.82) is 0 Å². The van der Waals surface area contributed by atoms with Crippen LogP contribution in [0, 0.1) is 6.92 Å². The summed E-state index contributed by atoms with van der Waals surface area (Å²) in [6, 6.07) is 17.9. The lowest BCUT2D eigenvalue weighted by atomic mass is 10.1. The first-order chi connectivity index (χ1) is 16.8. The maximum Gasteiger partial charge on any atom is 0.335 e. The Labute approximate surface area is 211 Å². The number of thiophene rings is 1. The number of esters is 1. The highest BCUT2D eigenvalue weighted by Gasteiger charge is 2.20. The van der Waals surface area contributed by atoms with E-state index in [0.29, 0.717) is 26.2 Å². The molecule has 0 radical (unpaired) electrons. The summed E-state index contributed by atoms with van der Waals surface area (Å²) in [7, 11) is 1.77. The molecule has 1 amide bonds. The minimum absolute atomic E-state index is 0.00490. The number of nitrogens with zero attached hydrogens (tertiary/aromatic N) is 1. The second-order valence-corrected chi connectivity index (χ2v) is 9.31. The van der Waals surface area contributed by atoms with Gasteiger partial charge in [0.15, 0.2) is 6.10 Å². The molecule has 7 heteroatoms. The molecule has 0 bridgehead atoms. The van der Waals surface area contributed by atoms with Crippen molar-refractivity contribution in [2.75, 3.05) is 25.2 Å². The lowest BCUT2D eigenvalue weighted by Gasteiger charge is -2.15. The third kappa shape index (κ3) is 7.16. The lowest BCUT2D eigenvalue weighted by molar-refractivity contribution is -0.156. The molecule has 0 aliphatic heterocycles. The van der Waals surface area contributed by atoms with E-state index in [1.807, 2.05) is 55.5 Å². The van der Waals surface area contributed by atoms with Gasteiger partial charge in [-0.15, -0.1) is 11.3 Å². The van der Waals surface area contributed by atoms with E-state index in [0.717, 1.165) is 32.3 Å². The van der Waals surface area contributed by atoms with Gasteiger partial charge in [0.25, 0.3) is 0 Å². The molecule has 3 aromatic rings. The maximum atomic E-state index is 12.1. The normalized spacial score (nSPS) is 11.7. The molecule has 3 rings (SSSR count). The van der Waals surface area contributed by atoms with Crippen LogP contribution in [0.3, 0.4) is 0 Å². The Hall–Kier alpha value is -3.16. The predicted octanol–water partition coefficient (Wildman–Crippen LogP) is 5.80. The van der Waals surface area contributed by atoms with Crippen molar-refractivity contribution < 1.29 is 23.8 Å². The fourth-order valence-corrected chi connectivity index (χ4v) is 4.66. The van der Waals surface area contributed by atoms with Gasteiger partial charge in [-0.1, -0.05) is 24.3 Å². The fourth-order valence-electron chi connectivity index (χ4n) is 3.57. The van der Waals surface area contributed by atoms with Gasteiger partial charge < -0.3 is 19.1 Å². The highest BCUT2D eigenvalue weighted by molar-refractivity contribution is 7.15. The molecular formula is C28H33NO5S. The zero-order valence-corrected chi connectivity index (χ0v) is 21.8. The standard InChI is InChI=1S/C28H33NO5S/c1-6-32-25(28(31)33-7-2)17-21-8-14-24(15-9-21)34-18-27-19(3)16-26(35-27)22-10-12-23(13-11-22)29(5)20(4)30/h8-16,25H,6-7,17-18H2,1-5H3. The maximum absolute atomic E-state index is 12.1. The Morgan fingerprint density at radius 3 is 2.29 bits per heavy atom. The minimum Gasteiger partial charge on any atom is -0.488 e.